The number of hydrogen-bond donors (Lipinski definition) is 1. The number of fused-ring (bicyclic) bond motifs is 2. The molecule has 4 rings (SSSR count). The maximum atomic E-state index is 12.8. The molecule has 2 heterocycles. The first-order valence-corrected chi connectivity index (χ1v) is 8.94. The zero-order valence-electron chi connectivity index (χ0n) is 15.8. The van der Waals surface area contributed by atoms with E-state index in [0.717, 1.165) is 20.9 Å². The van der Waals surface area contributed by atoms with Crippen LogP contribution in [-0.4, -0.2) is 31.9 Å². The van der Waals surface area contributed by atoms with Crippen molar-refractivity contribution in [3.8, 4) is 5.82 Å². The Labute approximate surface area is 161 Å². The van der Waals surface area contributed by atoms with E-state index in [2.05, 4.69) is 0 Å². The smallest absolute Gasteiger partial charge is 0.380 e. The number of nitrogens with zero attached hydrogens (tertiary/aromatic N) is 2. The summed E-state index contributed by atoms with van der Waals surface area (Å²) in [4.78, 5) is 25.2. The molecule has 0 saturated heterocycles. The molecule has 0 radical (unpaired) electrons. The molecule has 0 saturated carbocycles. The maximum Gasteiger partial charge on any atom is 0.380 e. The van der Waals surface area contributed by atoms with Gasteiger partial charge >= 0.3 is 5.97 Å². The number of Topliss-reactive ketones (excluding diaryl/α,β-unsaturated/α-hetero) is 1. The Kier molecular flexibility index (Phi) is 4.00. The summed E-state index contributed by atoms with van der Waals surface area (Å²) in [6.45, 7) is 5.14. The lowest BCUT2D eigenvalue weighted by Crippen LogP contribution is -2.29. The number of aromatic nitrogens is 2. The van der Waals surface area contributed by atoms with Crippen molar-refractivity contribution in [2.75, 3.05) is 0 Å². The fraction of sp³-hybridized carbons (Fsp3) is 0.182. The molecule has 2 aromatic carbocycles. The number of ketones is 1. The normalized spacial score (nSPS) is 11.8. The Balaban J connectivity index is 1.92. The van der Waals surface area contributed by atoms with Gasteiger partial charge in [0, 0.05) is 22.4 Å². The lowest BCUT2D eigenvalue weighted by atomic mass is 10.1. The topological polar surface area (TPSA) is 73.5 Å². The van der Waals surface area contributed by atoms with E-state index in [1.54, 1.807) is 49.9 Å². The van der Waals surface area contributed by atoms with Gasteiger partial charge in [0.25, 0.3) is 5.78 Å². The summed E-state index contributed by atoms with van der Waals surface area (Å²) in [5.41, 5.74) is -0.00178. The summed E-state index contributed by atoms with van der Waals surface area (Å²) in [6.07, 6.45) is 3.37. The molecule has 0 fully saturated rings. The summed E-state index contributed by atoms with van der Waals surface area (Å²) in [6, 6.07) is 14.6. The van der Waals surface area contributed by atoms with E-state index in [0.29, 0.717) is 11.3 Å². The third-order valence-corrected chi connectivity index (χ3v) is 4.45. The molecular weight excluding hydrogens is 356 g/mol. The van der Waals surface area contributed by atoms with Crippen LogP contribution in [-0.2, 0) is 9.53 Å². The second-order valence-electron chi connectivity index (χ2n) is 7.64. The average molecular weight is 376 g/mol. The second kappa shape index (κ2) is 6.27. The van der Waals surface area contributed by atoms with Gasteiger partial charge < -0.3 is 9.94 Å². The molecule has 28 heavy (non-hydrogen) atoms. The lowest BCUT2D eigenvalue weighted by molar-refractivity contribution is -0.148. The van der Waals surface area contributed by atoms with Crippen LogP contribution in [0.2, 0.25) is 0 Å². The van der Waals surface area contributed by atoms with Crippen molar-refractivity contribution >= 4 is 33.4 Å². The molecule has 6 nitrogen and oxygen atoms in total. The van der Waals surface area contributed by atoms with Crippen LogP contribution in [0.1, 0.15) is 31.1 Å². The van der Waals surface area contributed by atoms with E-state index in [4.69, 9.17) is 4.74 Å². The van der Waals surface area contributed by atoms with Gasteiger partial charge in [-0.1, -0.05) is 36.4 Å². The second-order valence-corrected chi connectivity index (χ2v) is 7.64. The minimum Gasteiger partial charge on any atom is -0.454 e. The number of esters is 1. The van der Waals surface area contributed by atoms with Crippen molar-refractivity contribution in [3.05, 3.63) is 66.5 Å². The van der Waals surface area contributed by atoms with Crippen LogP contribution in [0.4, 0.5) is 0 Å². The summed E-state index contributed by atoms with van der Waals surface area (Å²) < 4.78 is 8.00. The third-order valence-electron chi connectivity index (χ3n) is 4.45. The molecule has 0 unspecified atom stereocenters. The molecule has 2 aromatic heterocycles. The van der Waals surface area contributed by atoms with Crippen molar-refractivity contribution in [1.82, 2.24) is 9.30 Å². The zero-order chi connectivity index (χ0) is 20.1. The fourth-order valence-electron chi connectivity index (χ4n) is 3.36. The first-order valence-electron chi connectivity index (χ1n) is 8.94. The van der Waals surface area contributed by atoms with Gasteiger partial charge in [-0.3, -0.25) is 9.36 Å². The SMILES string of the molecule is CC(C)(C)OC(=O)C(=O)c1cccc2ccn(-c3c4ccccc4cn3O)c12. The fourth-order valence-corrected chi connectivity index (χ4v) is 3.36. The number of carbonyl (C=O) groups excluding carboxylic acids is 2. The first-order chi connectivity index (χ1) is 13.3. The molecule has 0 amide bonds. The largest absolute Gasteiger partial charge is 0.454 e. The number of rotatable bonds is 3. The Hall–Kier alpha value is -3.54. The highest BCUT2D eigenvalue weighted by Gasteiger charge is 2.27. The van der Waals surface area contributed by atoms with E-state index in [-0.39, 0.29) is 5.56 Å². The maximum absolute atomic E-state index is 12.8. The highest BCUT2D eigenvalue weighted by Crippen LogP contribution is 2.30. The van der Waals surface area contributed by atoms with Gasteiger partial charge in [-0.15, -0.1) is 0 Å². The van der Waals surface area contributed by atoms with Crippen LogP contribution in [0.3, 0.4) is 0 Å². The van der Waals surface area contributed by atoms with E-state index in [1.165, 1.54) is 0 Å². The molecule has 0 atom stereocenters. The van der Waals surface area contributed by atoms with Crippen molar-refractivity contribution in [1.29, 1.82) is 0 Å². The molecule has 0 aliphatic carbocycles. The van der Waals surface area contributed by atoms with Crippen molar-refractivity contribution in [2.45, 2.75) is 26.4 Å². The van der Waals surface area contributed by atoms with E-state index in [1.807, 2.05) is 36.4 Å². The number of hydrogen-bond acceptors (Lipinski definition) is 4. The summed E-state index contributed by atoms with van der Waals surface area (Å²) in [7, 11) is 0. The number of benzene rings is 2. The Morgan fingerprint density at radius 3 is 2.43 bits per heavy atom. The van der Waals surface area contributed by atoms with Gasteiger partial charge in [-0.25, -0.2) is 4.79 Å². The van der Waals surface area contributed by atoms with E-state index in [9.17, 15) is 14.8 Å². The highest BCUT2D eigenvalue weighted by atomic mass is 16.6. The minimum absolute atomic E-state index is 0.224. The number of ether oxygens (including phenoxy) is 1. The monoisotopic (exact) mass is 376 g/mol. The standard InChI is InChI=1S/C22H20N2O4/c1-22(2,3)28-21(26)19(25)17-10-6-8-14-11-12-23(18(14)17)20-16-9-5-4-7-15(16)13-24(20)27/h4-13,27H,1-3H3. The Bertz CT molecular complexity index is 1220. The molecule has 0 bridgehead atoms. The predicted octanol–water partition coefficient (Wildman–Crippen LogP) is 4.35. The van der Waals surface area contributed by atoms with Crippen molar-refractivity contribution in [3.63, 3.8) is 0 Å². The van der Waals surface area contributed by atoms with Gasteiger partial charge in [0.2, 0.25) is 0 Å². The number of para-hydroxylation sites is 1. The number of carbonyl (C=O) groups is 2. The van der Waals surface area contributed by atoms with Gasteiger partial charge in [-0.2, -0.15) is 4.73 Å². The van der Waals surface area contributed by atoms with Crippen LogP contribution in [0.5, 0.6) is 0 Å². The molecule has 6 heteroatoms. The van der Waals surface area contributed by atoms with Gasteiger partial charge in [0.1, 0.15) is 5.60 Å². The lowest BCUT2D eigenvalue weighted by Gasteiger charge is -2.19. The third kappa shape index (κ3) is 2.93. The van der Waals surface area contributed by atoms with E-state index >= 15 is 0 Å². The first kappa shape index (κ1) is 17.9. The van der Waals surface area contributed by atoms with Gasteiger partial charge in [-0.05, 0) is 32.9 Å². The molecule has 1 N–H and O–H groups in total. The average Bonchev–Trinajstić information content (AvgIpc) is 3.19. The van der Waals surface area contributed by atoms with Gasteiger partial charge in [0.15, 0.2) is 5.82 Å². The summed E-state index contributed by atoms with van der Waals surface area (Å²) in [5.74, 6) is -1.13. The van der Waals surface area contributed by atoms with Crippen LogP contribution >= 0.6 is 0 Å². The van der Waals surface area contributed by atoms with Crippen LogP contribution < -0.4 is 0 Å². The Morgan fingerprint density at radius 1 is 0.964 bits per heavy atom. The minimum atomic E-state index is -0.906. The zero-order valence-corrected chi connectivity index (χ0v) is 15.8. The van der Waals surface area contributed by atoms with Crippen LogP contribution in [0.15, 0.2) is 60.9 Å². The summed E-state index contributed by atoms with van der Waals surface area (Å²) in [5, 5.41) is 12.9. The van der Waals surface area contributed by atoms with Gasteiger partial charge in [0.05, 0.1) is 17.3 Å². The van der Waals surface area contributed by atoms with E-state index < -0.39 is 17.4 Å². The van der Waals surface area contributed by atoms with Crippen LogP contribution in [0.25, 0.3) is 27.5 Å². The molecule has 4 aromatic rings. The summed E-state index contributed by atoms with van der Waals surface area (Å²) >= 11 is 0. The Morgan fingerprint density at radius 2 is 1.68 bits per heavy atom. The van der Waals surface area contributed by atoms with Crippen LogP contribution in [0, 0.1) is 0 Å². The molecular formula is C22H20N2O4. The molecule has 142 valence electrons. The van der Waals surface area contributed by atoms with Crippen molar-refractivity contribution < 1.29 is 19.5 Å². The molecule has 0 aliphatic heterocycles. The highest BCUT2D eigenvalue weighted by molar-refractivity contribution is 6.42. The quantitative estimate of drug-likeness (QED) is 0.250. The predicted molar refractivity (Wildman–Crippen MR) is 106 cm³/mol. The molecule has 0 spiro atoms. The molecule has 0 aliphatic rings. The van der Waals surface area contributed by atoms with Crippen molar-refractivity contribution in [2.24, 2.45) is 0 Å².